The highest BCUT2D eigenvalue weighted by atomic mass is 32.1. The number of rotatable bonds is 4. The predicted octanol–water partition coefficient (Wildman–Crippen LogP) is -0.435. The first-order chi connectivity index (χ1) is 7.79. The molecule has 0 saturated carbocycles. The Kier molecular flexibility index (Phi) is 4.37. The van der Waals surface area contributed by atoms with Crippen molar-refractivity contribution in [2.75, 3.05) is 33.0 Å². The molecule has 92 valence electrons. The molecule has 1 unspecified atom stereocenters. The summed E-state index contributed by atoms with van der Waals surface area (Å²) in [5, 5.41) is 4.20. The van der Waals surface area contributed by atoms with Crippen LogP contribution in [0.4, 0.5) is 0 Å². The van der Waals surface area contributed by atoms with E-state index in [2.05, 4.69) is 17.1 Å². The van der Waals surface area contributed by atoms with Crippen molar-refractivity contribution in [2.45, 2.75) is 32.3 Å². The molecule has 0 aromatic rings. The molecule has 4 nitrogen and oxygen atoms in total. The van der Waals surface area contributed by atoms with Gasteiger partial charge in [-0.15, -0.1) is 0 Å². The van der Waals surface area contributed by atoms with Crippen molar-refractivity contribution in [3.63, 3.8) is 0 Å². The SMILES string of the molecule is CCC[NH+]1CNC(=S)N(C[C@H]2CCCO2)C1. The van der Waals surface area contributed by atoms with Crippen molar-refractivity contribution in [1.82, 2.24) is 10.2 Å². The van der Waals surface area contributed by atoms with Gasteiger partial charge in [0.25, 0.3) is 0 Å². The van der Waals surface area contributed by atoms with Gasteiger partial charge in [-0.3, -0.25) is 4.90 Å². The molecule has 2 N–H and O–H groups in total. The number of quaternary nitrogens is 1. The molecule has 2 heterocycles. The van der Waals surface area contributed by atoms with Crippen LogP contribution in [0, 0.1) is 0 Å². The van der Waals surface area contributed by atoms with Gasteiger partial charge < -0.3 is 15.0 Å². The molecule has 16 heavy (non-hydrogen) atoms. The molecule has 0 radical (unpaired) electrons. The van der Waals surface area contributed by atoms with E-state index in [1.807, 2.05) is 0 Å². The fraction of sp³-hybridized carbons (Fsp3) is 0.909. The van der Waals surface area contributed by atoms with Crippen molar-refractivity contribution < 1.29 is 9.64 Å². The lowest BCUT2D eigenvalue weighted by Crippen LogP contribution is -3.17. The first-order valence-electron chi connectivity index (χ1n) is 6.27. The average molecular weight is 244 g/mol. The Morgan fingerprint density at radius 3 is 3.19 bits per heavy atom. The van der Waals surface area contributed by atoms with E-state index in [1.54, 1.807) is 4.90 Å². The van der Waals surface area contributed by atoms with Crippen LogP contribution >= 0.6 is 12.2 Å². The number of nitrogens with one attached hydrogen (secondary N) is 2. The smallest absolute Gasteiger partial charge is 0.177 e. The number of hydrogen-bond donors (Lipinski definition) is 2. The lowest BCUT2D eigenvalue weighted by Gasteiger charge is -2.36. The Bertz CT molecular complexity index is 243. The fourth-order valence-corrected chi connectivity index (χ4v) is 2.62. The van der Waals surface area contributed by atoms with E-state index >= 15 is 0 Å². The van der Waals surface area contributed by atoms with Crippen molar-refractivity contribution in [1.29, 1.82) is 0 Å². The zero-order valence-corrected chi connectivity index (χ0v) is 10.8. The minimum absolute atomic E-state index is 0.390. The third-order valence-corrected chi connectivity index (χ3v) is 3.65. The average Bonchev–Trinajstić information content (AvgIpc) is 2.76. The first kappa shape index (κ1) is 12.1. The minimum atomic E-state index is 0.390. The summed E-state index contributed by atoms with van der Waals surface area (Å²) in [4.78, 5) is 3.83. The van der Waals surface area contributed by atoms with Crippen molar-refractivity contribution >= 4 is 17.3 Å². The lowest BCUT2D eigenvalue weighted by atomic mass is 10.2. The van der Waals surface area contributed by atoms with Crippen LogP contribution < -0.4 is 10.2 Å². The third-order valence-electron chi connectivity index (χ3n) is 3.24. The highest BCUT2D eigenvalue weighted by molar-refractivity contribution is 7.80. The summed E-state index contributed by atoms with van der Waals surface area (Å²) in [6.07, 6.45) is 3.99. The molecule has 0 amide bonds. The molecule has 0 spiro atoms. The molecule has 2 aliphatic heterocycles. The summed E-state index contributed by atoms with van der Waals surface area (Å²) in [5.74, 6) is 0. The maximum atomic E-state index is 5.66. The van der Waals surface area contributed by atoms with Crippen LogP contribution in [0.2, 0.25) is 0 Å². The number of thiocarbonyl (C=S) groups is 1. The van der Waals surface area contributed by atoms with E-state index in [9.17, 15) is 0 Å². The van der Waals surface area contributed by atoms with E-state index in [0.29, 0.717) is 6.10 Å². The molecule has 5 heteroatoms. The molecular weight excluding hydrogens is 222 g/mol. The summed E-state index contributed by atoms with van der Waals surface area (Å²) >= 11 is 5.34. The zero-order valence-electron chi connectivity index (χ0n) is 10.00. The third kappa shape index (κ3) is 3.06. The van der Waals surface area contributed by atoms with Crippen LogP contribution in [-0.4, -0.2) is 49.2 Å². The molecule has 2 saturated heterocycles. The van der Waals surface area contributed by atoms with Crippen LogP contribution in [0.3, 0.4) is 0 Å². The lowest BCUT2D eigenvalue weighted by molar-refractivity contribution is -0.914. The molecule has 2 aliphatic rings. The monoisotopic (exact) mass is 244 g/mol. The maximum Gasteiger partial charge on any atom is 0.177 e. The number of ether oxygens (including phenoxy) is 1. The summed E-state index contributed by atoms with van der Waals surface area (Å²) < 4.78 is 5.66. The standard InChI is InChI=1S/C11H21N3OS/c1-2-5-13-8-12-11(16)14(9-13)7-10-4-3-6-15-10/h10H,2-9H2,1H3,(H,12,16)/p+1/t10-/m1/s1. The van der Waals surface area contributed by atoms with Crippen LogP contribution in [-0.2, 0) is 4.74 Å². The van der Waals surface area contributed by atoms with Gasteiger partial charge in [-0.1, -0.05) is 6.92 Å². The van der Waals surface area contributed by atoms with Gasteiger partial charge in [0.2, 0.25) is 0 Å². The van der Waals surface area contributed by atoms with Gasteiger partial charge in [0.15, 0.2) is 18.4 Å². The van der Waals surface area contributed by atoms with Crippen LogP contribution in [0.15, 0.2) is 0 Å². The molecule has 2 fully saturated rings. The van der Waals surface area contributed by atoms with Gasteiger partial charge >= 0.3 is 0 Å². The summed E-state index contributed by atoms with van der Waals surface area (Å²) in [6, 6.07) is 0. The van der Waals surface area contributed by atoms with Crippen molar-refractivity contribution in [2.24, 2.45) is 0 Å². The molecule has 0 aromatic carbocycles. The largest absolute Gasteiger partial charge is 0.376 e. The maximum absolute atomic E-state index is 5.66. The number of nitrogens with zero attached hydrogens (tertiary/aromatic N) is 1. The molecular formula is C11H22N3OS+. The van der Waals surface area contributed by atoms with Crippen molar-refractivity contribution in [3.8, 4) is 0 Å². The second kappa shape index (κ2) is 5.80. The van der Waals surface area contributed by atoms with E-state index in [-0.39, 0.29) is 0 Å². The normalized spacial score (nSPS) is 30.6. The Balaban J connectivity index is 1.82. The highest BCUT2D eigenvalue weighted by Crippen LogP contribution is 2.13. The fourth-order valence-electron chi connectivity index (χ4n) is 2.41. The topological polar surface area (TPSA) is 28.9 Å². The van der Waals surface area contributed by atoms with Crippen LogP contribution in [0.25, 0.3) is 0 Å². The Morgan fingerprint density at radius 2 is 2.50 bits per heavy atom. The van der Waals surface area contributed by atoms with Gasteiger partial charge in [0.1, 0.15) is 0 Å². The van der Waals surface area contributed by atoms with Gasteiger partial charge in [-0.25, -0.2) is 0 Å². The quantitative estimate of drug-likeness (QED) is 0.657. The summed E-state index contributed by atoms with van der Waals surface area (Å²) in [7, 11) is 0. The highest BCUT2D eigenvalue weighted by Gasteiger charge is 2.26. The second-order valence-corrected chi connectivity index (χ2v) is 5.06. The Hall–Kier alpha value is -0.390. The van der Waals surface area contributed by atoms with Crippen molar-refractivity contribution in [3.05, 3.63) is 0 Å². The summed E-state index contributed by atoms with van der Waals surface area (Å²) in [6.45, 7) is 7.31. The summed E-state index contributed by atoms with van der Waals surface area (Å²) in [5.41, 5.74) is 0. The molecule has 2 atom stereocenters. The number of hydrogen-bond acceptors (Lipinski definition) is 2. The Morgan fingerprint density at radius 1 is 1.62 bits per heavy atom. The van der Waals surface area contributed by atoms with E-state index in [0.717, 1.165) is 31.6 Å². The molecule has 0 aromatic heterocycles. The minimum Gasteiger partial charge on any atom is -0.376 e. The molecule has 0 aliphatic carbocycles. The van der Waals surface area contributed by atoms with Crippen LogP contribution in [0.5, 0.6) is 0 Å². The molecule has 0 bridgehead atoms. The van der Waals surface area contributed by atoms with Gasteiger partial charge in [0.05, 0.1) is 19.2 Å². The second-order valence-electron chi connectivity index (χ2n) is 4.67. The first-order valence-corrected chi connectivity index (χ1v) is 6.68. The molecule has 2 rings (SSSR count). The van der Waals surface area contributed by atoms with Crippen LogP contribution in [0.1, 0.15) is 26.2 Å². The van der Waals surface area contributed by atoms with E-state index < -0.39 is 0 Å². The van der Waals surface area contributed by atoms with E-state index in [1.165, 1.54) is 25.8 Å². The van der Waals surface area contributed by atoms with Gasteiger partial charge in [-0.2, -0.15) is 0 Å². The van der Waals surface area contributed by atoms with Gasteiger partial charge in [0, 0.05) is 6.61 Å². The zero-order chi connectivity index (χ0) is 11.4. The van der Waals surface area contributed by atoms with E-state index in [4.69, 9.17) is 17.0 Å². The predicted molar refractivity (Wildman–Crippen MR) is 67.3 cm³/mol. The van der Waals surface area contributed by atoms with Gasteiger partial charge in [-0.05, 0) is 31.5 Å². The Labute approximate surface area is 103 Å².